The van der Waals surface area contributed by atoms with Gasteiger partial charge >= 0.3 is 11.7 Å². The van der Waals surface area contributed by atoms with Crippen molar-refractivity contribution in [2.24, 2.45) is 14.1 Å². The molecule has 2 N–H and O–H groups in total. The lowest BCUT2D eigenvalue weighted by Crippen LogP contribution is -2.37. The third-order valence-corrected chi connectivity index (χ3v) is 4.51. The summed E-state index contributed by atoms with van der Waals surface area (Å²) in [5.41, 5.74) is 6.00. The number of benzene rings is 1. The Labute approximate surface area is 155 Å². The van der Waals surface area contributed by atoms with E-state index in [2.05, 4.69) is 20.9 Å². The summed E-state index contributed by atoms with van der Waals surface area (Å²) in [5.74, 6) is -0.562. The van der Waals surface area contributed by atoms with E-state index >= 15 is 0 Å². The van der Waals surface area contributed by atoms with Crippen molar-refractivity contribution in [2.45, 2.75) is 6.54 Å². The van der Waals surface area contributed by atoms with Gasteiger partial charge in [0.15, 0.2) is 11.2 Å². The van der Waals surface area contributed by atoms with Crippen LogP contribution in [0.15, 0.2) is 38.6 Å². The van der Waals surface area contributed by atoms with Gasteiger partial charge in [-0.15, -0.1) is 0 Å². The van der Waals surface area contributed by atoms with Crippen molar-refractivity contribution >= 4 is 38.8 Å². The number of esters is 1. The highest BCUT2D eigenvalue weighted by Crippen LogP contribution is 2.19. The molecule has 2 aromatic heterocycles. The van der Waals surface area contributed by atoms with Crippen molar-refractivity contribution in [3.8, 4) is 0 Å². The highest BCUT2D eigenvalue weighted by molar-refractivity contribution is 9.10. The van der Waals surface area contributed by atoms with Gasteiger partial charge in [0.2, 0.25) is 0 Å². The molecular weight excluding hydrogens is 406 g/mol. The lowest BCUT2D eigenvalue weighted by atomic mass is 10.2. The first-order valence-corrected chi connectivity index (χ1v) is 8.43. The molecule has 3 rings (SSSR count). The Kier molecular flexibility index (Phi) is 4.68. The summed E-state index contributed by atoms with van der Waals surface area (Å²) >= 11 is 3.28. The molecule has 2 heterocycles. The minimum Gasteiger partial charge on any atom is -0.460 e. The van der Waals surface area contributed by atoms with E-state index in [0.29, 0.717) is 10.2 Å². The highest BCUT2D eigenvalue weighted by atomic mass is 79.9. The molecule has 0 amide bonds. The molecule has 136 valence electrons. The van der Waals surface area contributed by atoms with Crippen LogP contribution in [0, 0.1) is 0 Å². The van der Waals surface area contributed by atoms with Gasteiger partial charge < -0.3 is 15.0 Å². The number of carbonyl (C=O) groups is 1. The first kappa shape index (κ1) is 17.9. The van der Waals surface area contributed by atoms with Crippen LogP contribution in [-0.4, -0.2) is 31.3 Å². The van der Waals surface area contributed by atoms with E-state index in [9.17, 15) is 14.4 Å². The van der Waals surface area contributed by atoms with E-state index in [0.717, 1.165) is 4.57 Å². The standard InChI is InChI=1S/C16H16BrN5O4/c1-20-13-12(14(23)21(2)16(20)25)22(8-19-13)5-6-26-15(24)10-7-9(17)3-4-11(10)18/h3-4,7-8H,5-6,18H2,1-2H3. The van der Waals surface area contributed by atoms with Crippen LogP contribution in [0.1, 0.15) is 10.4 Å². The Hall–Kier alpha value is -2.88. The van der Waals surface area contributed by atoms with E-state index < -0.39 is 17.2 Å². The fraction of sp³-hybridized carbons (Fsp3) is 0.250. The van der Waals surface area contributed by atoms with Crippen LogP contribution >= 0.6 is 15.9 Å². The van der Waals surface area contributed by atoms with Crippen molar-refractivity contribution in [1.82, 2.24) is 18.7 Å². The number of nitrogens with zero attached hydrogens (tertiary/aromatic N) is 4. The zero-order valence-corrected chi connectivity index (χ0v) is 15.7. The van der Waals surface area contributed by atoms with E-state index in [1.165, 1.54) is 25.0 Å². The number of hydrogen-bond donors (Lipinski definition) is 1. The summed E-state index contributed by atoms with van der Waals surface area (Å²) in [6, 6.07) is 4.91. The van der Waals surface area contributed by atoms with Crippen LogP contribution in [0.5, 0.6) is 0 Å². The summed E-state index contributed by atoms with van der Waals surface area (Å²) in [7, 11) is 2.94. The Morgan fingerprint density at radius 1 is 1.27 bits per heavy atom. The van der Waals surface area contributed by atoms with Gasteiger partial charge in [0.05, 0.1) is 18.4 Å². The van der Waals surface area contributed by atoms with Gasteiger partial charge in [0, 0.05) is 24.3 Å². The molecule has 26 heavy (non-hydrogen) atoms. The van der Waals surface area contributed by atoms with Crippen LogP contribution in [0.4, 0.5) is 5.69 Å². The largest absolute Gasteiger partial charge is 0.460 e. The molecule has 0 fully saturated rings. The van der Waals surface area contributed by atoms with Crippen LogP contribution in [0.2, 0.25) is 0 Å². The topological polar surface area (TPSA) is 114 Å². The third-order valence-electron chi connectivity index (χ3n) is 4.02. The molecule has 0 atom stereocenters. The first-order valence-electron chi connectivity index (χ1n) is 7.64. The molecule has 10 heteroatoms. The maximum atomic E-state index is 12.3. The third kappa shape index (κ3) is 3.03. The van der Waals surface area contributed by atoms with E-state index in [-0.39, 0.29) is 29.9 Å². The monoisotopic (exact) mass is 421 g/mol. The fourth-order valence-corrected chi connectivity index (χ4v) is 2.95. The van der Waals surface area contributed by atoms with Gasteiger partial charge in [-0.1, -0.05) is 15.9 Å². The zero-order chi connectivity index (χ0) is 19.0. The highest BCUT2D eigenvalue weighted by Gasteiger charge is 2.15. The Morgan fingerprint density at radius 3 is 2.73 bits per heavy atom. The molecule has 1 aromatic carbocycles. The minimum absolute atomic E-state index is 0.0161. The van der Waals surface area contributed by atoms with Crippen LogP contribution in [0.25, 0.3) is 11.2 Å². The summed E-state index contributed by atoms with van der Waals surface area (Å²) in [4.78, 5) is 40.5. The van der Waals surface area contributed by atoms with Crippen molar-refractivity contribution in [1.29, 1.82) is 0 Å². The van der Waals surface area contributed by atoms with Gasteiger partial charge in [0.1, 0.15) is 6.61 Å². The molecule has 9 nitrogen and oxygen atoms in total. The number of halogens is 1. The number of hydrogen-bond acceptors (Lipinski definition) is 6. The summed E-state index contributed by atoms with van der Waals surface area (Å²) in [6.07, 6.45) is 1.44. The first-order chi connectivity index (χ1) is 12.3. The van der Waals surface area contributed by atoms with Crippen LogP contribution < -0.4 is 17.0 Å². The predicted molar refractivity (Wildman–Crippen MR) is 99.1 cm³/mol. The van der Waals surface area contributed by atoms with Gasteiger partial charge in [0.25, 0.3) is 5.56 Å². The molecule has 0 aliphatic rings. The number of nitrogens with two attached hydrogens (primary N) is 1. The van der Waals surface area contributed by atoms with Crippen molar-refractivity contribution in [2.75, 3.05) is 12.3 Å². The molecule has 0 spiro atoms. The van der Waals surface area contributed by atoms with E-state index in [1.807, 2.05) is 0 Å². The van der Waals surface area contributed by atoms with Crippen LogP contribution in [0.3, 0.4) is 0 Å². The predicted octanol–water partition coefficient (Wildman–Crippen LogP) is 0.635. The number of aryl methyl sites for hydroxylation is 1. The summed E-state index contributed by atoms with van der Waals surface area (Å²) < 4.78 is 9.81. The average molecular weight is 422 g/mol. The fourth-order valence-electron chi connectivity index (χ4n) is 2.59. The number of anilines is 1. The van der Waals surface area contributed by atoms with Gasteiger partial charge in [-0.2, -0.15) is 0 Å². The molecular formula is C16H16BrN5O4. The van der Waals surface area contributed by atoms with E-state index in [1.54, 1.807) is 22.8 Å². The summed E-state index contributed by atoms with van der Waals surface area (Å²) in [5, 5.41) is 0. The second-order valence-corrected chi connectivity index (χ2v) is 6.60. The average Bonchev–Trinajstić information content (AvgIpc) is 3.04. The minimum atomic E-state index is -0.562. The number of ether oxygens (including phenoxy) is 1. The van der Waals surface area contributed by atoms with E-state index in [4.69, 9.17) is 10.5 Å². The molecule has 0 aliphatic carbocycles. The second-order valence-electron chi connectivity index (χ2n) is 5.68. The normalized spacial score (nSPS) is 11.0. The van der Waals surface area contributed by atoms with Crippen LogP contribution in [-0.2, 0) is 25.4 Å². The smallest absolute Gasteiger partial charge is 0.340 e. The number of imidazole rings is 1. The number of fused-ring (bicyclic) bond motifs is 1. The Morgan fingerprint density at radius 2 is 2.00 bits per heavy atom. The molecule has 0 bridgehead atoms. The van der Waals surface area contributed by atoms with Crippen molar-refractivity contribution < 1.29 is 9.53 Å². The quantitative estimate of drug-likeness (QED) is 0.488. The van der Waals surface area contributed by atoms with Gasteiger partial charge in [-0.25, -0.2) is 14.6 Å². The number of aromatic nitrogens is 4. The Bertz CT molecular complexity index is 1130. The number of rotatable bonds is 4. The SMILES string of the molecule is Cn1c(=O)c2c(ncn2CCOC(=O)c2cc(Br)ccc2N)n(C)c1=O. The van der Waals surface area contributed by atoms with Gasteiger partial charge in [-0.05, 0) is 18.2 Å². The maximum absolute atomic E-state index is 12.3. The molecule has 0 saturated carbocycles. The Balaban J connectivity index is 1.81. The lowest BCUT2D eigenvalue weighted by Gasteiger charge is -2.09. The molecule has 0 aliphatic heterocycles. The molecule has 0 unspecified atom stereocenters. The van der Waals surface area contributed by atoms with Gasteiger partial charge in [-0.3, -0.25) is 13.9 Å². The molecule has 0 radical (unpaired) electrons. The van der Waals surface area contributed by atoms with Crippen molar-refractivity contribution in [3.63, 3.8) is 0 Å². The molecule has 0 saturated heterocycles. The summed E-state index contributed by atoms with van der Waals surface area (Å²) in [6.45, 7) is 0.228. The molecule has 3 aromatic rings. The second kappa shape index (κ2) is 6.79. The number of carbonyl (C=O) groups excluding carboxylic acids is 1. The maximum Gasteiger partial charge on any atom is 0.340 e. The van der Waals surface area contributed by atoms with Crippen molar-refractivity contribution in [3.05, 3.63) is 55.4 Å². The number of nitrogen functional groups attached to an aromatic ring is 1. The lowest BCUT2D eigenvalue weighted by molar-refractivity contribution is 0.0493. The zero-order valence-electron chi connectivity index (χ0n) is 14.1.